The Morgan fingerprint density at radius 3 is 2.65 bits per heavy atom. The van der Waals surface area contributed by atoms with Crippen LogP contribution in [0.15, 0.2) is 6.07 Å². The summed E-state index contributed by atoms with van der Waals surface area (Å²) in [5.41, 5.74) is 0. The Morgan fingerprint density at radius 1 is 1.23 bits per heavy atom. The van der Waals surface area contributed by atoms with Gasteiger partial charge in [0.1, 0.15) is 6.61 Å². The minimum absolute atomic E-state index is 0.231. The number of rotatable bonds is 7. The van der Waals surface area contributed by atoms with E-state index >= 15 is 0 Å². The molecule has 2 atom stereocenters. The van der Waals surface area contributed by atoms with Crippen LogP contribution in [0.2, 0.25) is 28.4 Å². The lowest BCUT2D eigenvalue weighted by Gasteiger charge is -2.41. The van der Waals surface area contributed by atoms with Gasteiger partial charge in [0.15, 0.2) is 24.4 Å². The monoisotopic (exact) mass is 419 g/mol. The van der Waals surface area contributed by atoms with E-state index in [1.54, 1.807) is 6.07 Å². The van der Waals surface area contributed by atoms with E-state index in [0.29, 0.717) is 24.5 Å². The molecular formula is C18H31Cl2N3O2Si. The van der Waals surface area contributed by atoms with Crippen molar-refractivity contribution in [3.63, 3.8) is 0 Å². The molecule has 0 radical (unpaired) electrons. The molecule has 1 aromatic rings. The predicted octanol–water partition coefficient (Wildman–Crippen LogP) is 5.08. The maximum absolute atomic E-state index is 6.60. The van der Waals surface area contributed by atoms with Crippen molar-refractivity contribution in [1.29, 1.82) is 0 Å². The van der Waals surface area contributed by atoms with Gasteiger partial charge in [-0.25, -0.2) is 0 Å². The quantitative estimate of drug-likeness (QED) is 0.492. The van der Waals surface area contributed by atoms with E-state index in [1.165, 1.54) is 12.8 Å². The molecule has 148 valence electrons. The molecule has 1 aromatic heterocycles. The molecule has 0 unspecified atom stereocenters. The maximum atomic E-state index is 6.60. The summed E-state index contributed by atoms with van der Waals surface area (Å²) >= 11 is 11.8. The summed E-state index contributed by atoms with van der Waals surface area (Å²) < 4.78 is 12.3. The zero-order valence-electron chi connectivity index (χ0n) is 16.4. The molecule has 0 amide bonds. The van der Waals surface area contributed by atoms with Crippen LogP contribution in [0, 0.1) is 0 Å². The van der Waals surface area contributed by atoms with Gasteiger partial charge in [-0.1, -0.05) is 44.0 Å². The maximum Gasteiger partial charge on any atom is 0.193 e. The summed E-state index contributed by atoms with van der Waals surface area (Å²) in [6.45, 7) is 12.8. The Balaban J connectivity index is 1.75. The minimum atomic E-state index is -1.71. The smallest absolute Gasteiger partial charge is 0.193 e. The van der Waals surface area contributed by atoms with Crippen molar-refractivity contribution in [2.45, 2.75) is 76.7 Å². The molecule has 5 nitrogen and oxygen atoms in total. The van der Waals surface area contributed by atoms with Crippen LogP contribution in [0.1, 0.15) is 46.5 Å². The number of nitrogens with one attached hydrogen (secondary N) is 1. The first kappa shape index (κ1) is 21.9. The standard InChI is InChI=1S/C18H31Cl2N3O2Si/c1-18(2,3)26(4,5)25-14-8-6-7-13(11-14)21-9-10-24-15-12-16(19)22-23-17(15)20/h12-14,21H,6-11H2,1-5H3/t13-,14+/m1/s1. The first-order valence-corrected chi connectivity index (χ1v) is 13.0. The van der Waals surface area contributed by atoms with E-state index in [0.717, 1.165) is 19.4 Å². The van der Waals surface area contributed by atoms with E-state index in [1.807, 2.05) is 0 Å². The summed E-state index contributed by atoms with van der Waals surface area (Å²) in [6.07, 6.45) is 4.98. The summed E-state index contributed by atoms with van der Waals surface area (Å²) in [6, 6.07) is 2.05. The molecule has 1 heterocycles. The average molecular weight is 420 g/mol. The molecule has 1 fully saturated rings. The van der Waals surface area contributed by atoms with Gasteiger partial charge in [-0.2, -0.15) is 0 Å². The highest BCUT2D eigenvalue weighted by Crippen LogP contribution is 2.39. The Labute approximate surface area is 168 Å². The Hall–Kier alpha value is -0.403. The topological polar surface area (TPSA) is 56.3 Å². The van der Waals surface area contributed by atoms with Gasteiger partial charge in [0.2, 0.25) is 0 Å². The molecule has 0 saturated heterocycles. The fourth-order valence-corrected chi connectivity index (χ4v) is 4.58. The SMILES string of the molecule is CC(C)(C)[Si](C)(C)O[C@H]1CCC[C@@H](NCCOc2cc(Cl)nnc2Cl)C1. The van der Waals surface area contributed by atoms with E-state index in [9.17, 15) is 0 Å². The number of nitrogens with zero attached hydrogens (tertiary/aromatic N) is 2. The molecular weight excluding hydrogens is 389 g/mol. The van der Waals surface area contributed by atoms with Gasteiger partial charge < -0.3 is 14.5 Å². The van der Waals surface area contributed by atoms with Gasteiger partial charge in [-0.15, -0.1) is 10.2 Å². The predicted molar refractivity (Wildman–Crippen MR) is 110 cm³/mol. The first-order chi connectivity index (χ1) is 12.1. The molecule has 1 aliphatic carbocycles. The molecule has 1 saturated carbocycles. The number of halogens is 2. The van der Waals surface area contributed by atoms with Crippen molar-refractivity contribution in [3.05, 3.63) is 16.4 Å². The van der Waals surface area contributed by atoms with E-state index < -0.39 is 8.32 Å². The second-order valence-electron chi connectivity index (χ2n) is 8.49. The third-order valence-electron chi connectivity index (χ3n) is 5.37. The van der Waals surface area contributed by atoms with E-state index in [-0.39, 0.29) is 15.3 Å². The van der Waals surface area contributed by atoms with Crippen molar-refractivity contribution < 1.29 is 9.16 Å². The van der Waals surface area contributed by atoms with Gasteiger partial charge in [0, 0.05) is 24.8 Å². The molecule has 2 rings (SSSR count). The van der Waals surface area contributed by atoms with Gasteiger partial charge in [0.25, 0.3) is 0 Å². The second kappa shape index (κ2) is 9.19. The lowest BCUT2D eigenvalue weighted by Crippen LogP contribution is -2.47. The minimum Gasteiger partial charge on any atom is -0.489 e. The third kappa shape index (κ3) is 6.34. The van der Waals surface area contributed by atoms with E-state index in [2.05, 4.69) is 49.4 Å². The van der Waals surface area contributed by atoms with Crippen molar-refractivity contribution in [3.8, 4) is 5.75 Å². The first-order valence-electron chi connectivity index (χ1n) is 9.31. The van der Waals surface area contributed by atoms with Crippen LogP contribution in [0.5, 0.6) is 5.75 Å². The molecule has 0 bridgehead atoms. The van der Waals surface area contributed by atoms with Gasteiger partial charge in [-0.05, 0) is 43.8 Å². The highest BCUT2D eigenvalue weighted by molar-refractivity contribution is 6.74. The highest BCUT2D eigenvalue weighted by Gasteiger charge is 2.40. The number of hydrogen-bond donors (Lipinski definition) is 1. The Bertz CT molecular complexity index is 596. The average Bonchev–Trinajstić information content (AvgIpc) is 2.53. The summed E-state index contributed by atoms with van der Waals surface area (Å²) in [5.74, 6) is 0.469. The molecule has 0 spiro atoms. The van der Waals surface area contributed by atoms with Gasteiger partial charge in [0.05, 0.1) is 0 Å². The fraction of sp³-hybridized carbons (Fsp3) is 0.778. The van der Waals surface area contributed by atoms with Crippen LogP contribution in [-0.2, 0) is 4.43 Å². The summed E-state index contributed by atoms with van der Waals surface area (Å²) in [4.78, 5) is 0. The van der Waals surface area contributed by atoms with Gasteiger partial charge >= 0.3 is 0 Å². The molecule has 1 aliphatic rings. The number of ether oxygens (including phenoxy) is 1. The van der Waals surface area contributed by atoms with Crippen LogP contribution in [-0.4, -0.2) is 43.8 Å². The third-order valence-corrected chi connectivity index (χ3v) is 10.4. The van der Waals surface area contributed by atoms with E-state index in [4.69, 9.17) is 32.4 Å². The Kier molecular flexibility index (Phi) is 7.74. The highest BCUT2D eigenvalue weighted by atomic mass is 35.5. The van der Waals surface area contributed by atoms with Gasteiger partial charge in [-0.3, -0.25) is 0 Å². The molecule has 0 aromatic carbocycles. The van der Waals surface area contributed by atoms with Crippen LogP contribution >= 0.6 is 23.2 Å². The lowest BCUT2D eigenvalue weighted by molar-refractivity contribution is 0.118. The molecule has 8 heteroatoms. The number of hydrogen-bond acceptors (Lipinski definition) is 5. The van der Waals surface area contributed by atoms with Crippen LogP contribution in [0.4, 0.5) is 0 Å². The van der Waals surface area contributed by atoms with Crippen molar-refractivity contribution in [2.24, 2.45) is 0 Å². The molecule has 1 N–H and O–H groups in total. The van der Waals surface area contributed by atoms with Crippen molar-refractivity contribution in [1.82, 2.24) is 15.5 Å². The van der Waals surface area contributed by atoms with Crippen LogP contribution < -0.4 is 10.1 Å². The summed E-state index contributed by atoms with van der Waals surface area (Å²) in [7, 11) is -1.71. The normalized spacial score (nSPS) is 21.7. The molecule has 0 aliphatic heterocycles. The second-order valence-corrected chi connectivity index (χ2v) is 14.0. The lowest BCUT2D eigenvalue weighted by atomic mass is 9.93. The van der Waals surface area contributed by atoms with Crippen LogP contribution in [0.25, 0.3) is 0 Å². The van der Waals surface area contributed by atoms with Crippen molar-refractivity contribution >= 4 is 31.5 Å². The van der Waals surface area contributed by atoms with Crippen LogP contribution in [0.3, 0.4) is 0 Å². The number of aromatic nitrogens is 2. The largest absolute Gasteiger partial charge is 0.489 e. The Morgan fingerprint density at radius 2 is 1.96 bits per heavy atom. The van der Waals surface area contributed by atoms with Crippen molar-refractivity contribution in [2.75, 3.05) is 13.2 Å². The molecule has 26 heavy (non-hydrogen) atoms. The zero-order valence-corrected chi connectivity index (χ0v) is 19.0. The fourth-order valence-electron chi connectivity index (χ4n) is 2.89. The zero-order chi connectivity index (χ0) is 19.4. The summed E-state index contributed by atoms with van der Waals surface area (Å²) in [5, 5.41) is 11.7.